The Balaban J connectivity index is 2.00. The highest BCUT2D eigenvalue weighted by atomic mass is 15.2. The third kappa shape index (κ3) is 7.28. The van der Waals surface area contributed by atoms with E-state index in [1.807, 2.05) is 0 Å². The number of hydrogen-bond acceptors (Lipinski definition) is 3. The van der Waals surface area contributed by atoms with E-state index in [9.17, 15) is 0 Å². The van der Waals surface area contributed by atoms with Gasteiger partial charge < -0.3 is 10.2 Å². The van der Waals surface area contributed by atoms with Gasteiger partial charge in [-0.2, -0.15) is 0 Å². The molecule has 1 aliphatic heterocycles. The van der Waals surface area contributed by atoms with Crippen LogP contribution in [0.25, 0.3) is 0 Å². The number of likely N-dealkylation sites (N-methyl/N-ethyl adjacent to an activating group) is 2. The van der Waals surface area contributed by atoms with Gasteiger partial charge in [0.05, 0.1) is 0 Å². The molecule has 1 rings (SSSR count). The molecule has 0 bridgehead atoms. The van der Waals surface area contributed by atoms with Crippen molar-refractivity contribution in [2.45, 2.75) is 52.5 Å². The van der Waals surface area contributed by atoms with Crippen molar-refractivity contribution in [3.63, 3.8) is 0 Å². The fraction of sp³-hybridized carbons (Fsp3) is 1.00. The number of nitrogens with zero attached hydrogens (tertiary/aromatic N) is 2. The fourth-order valence-electron chi connectivity index (χ4n) is 2.99. The summed E-state index contributed by atoms with van der Waals surface area (Å²) in [7, 11) is 2.29. The minimum atomic E-state index is 0.769. The van der Waals surface area contributed by atoms with Crippen LogP contribution in [0.4, 0.5) is 0 Å². The highest BCUT2D eigenvalue weighted by Crippen LogP contribution is 2.17. The van der Waals surface area contributed by atoms with Crippen molar-refractivity contribution in [3.05, 3.63) is 0 Å². The predicted molar refractivity (Wildman–Crippen MR) is 84.7 cm³/mol. The highest BCUT2D eigenvalue weighted by molar-refractivity contribution is 4.80. The zero-order valence-corrected chi connectivity index (χ0v) is 13.6. The summed E-state index contributed by atoms with van der Waals surface area (Å²) in [5, 5.41) is 3.52. The molecular weight excluding hydrogens is 234 g/mol. The number of rotatable bonds is 10. The summed E-state index contributed by atoms with van der Waals surface area (Å²) in [6.07, 6.45) is 5.42. The maximum Gasteiger partial charge on any atom is 0.0223 e. The first-order valence-electron chi connectivity index (χ1n) is 8.26. The quantitative estimate of drug-likeness (QED) is 0.615. The predicted octanol–water partition coefficient (Wildman–Crippen LogP) is 2.43. The summed E-state index contributed by atoms with van der Waals surface area (Å²) in [6.45, 7) is 14.2. The average Bonchev–Trinajstić information content (AvgIpc) is 2.80. The molecule has 3 nitrogen and oxygen atoms in total. The highest BCUT2D eigenvalue weighted by Gasteiger charge is 2.23. The van der Waals surface area contributed by atoms with Gasteiger partial charge in [-0.05, 0) is 71.4 Å². The average molecular weight is 269 g/mol. The third-order valence-electron chi connectivity index (χ3n) is 4.12. The lowest BCUT2D eigenvalue weighted by atomic mass is 10.2. The summed E-state index contributed by atoms with van der Waals surface area (Å²) >= 11 is 0. The normalized spacial score (nSPS) is 20.8. The van der Waals surface area contributed by atoms with Gasteiger partial charge in [0.15, 0.2) is 0 Å². The van der Waals surface area contributed by atoms with Crippen molar-refractivity contribution >= 4 is 0 Å². The number of unbranched alkanes of at least 4 members (excludes halogenated alkanes) is 1. The summed E-state index contributed by atoms with van der Waals surface area (Å²) < 4.78 is 0. The maximum atomic E-state index is 3.52. The van der Waals surface area contributed by atoms with Crippen molar-refractivity contribution in [3.8, 4) is 0 Å². The minimum Gasteiger partial charge on any atom is -0.316 e. The molecule has 1 heterocycles. The first-order chi connectivity index (χ1) is 9.13. The molecule has 1 aliphatic rings. The number of hydrogen-bond donors (Lipinski definition) is 1. The molecule has 0 saturated carbocycles. The second-order valence-electron chi connectivity index (χ2n) is 6.49. The van der Waals surface area contributed by atoms with Gasteiger partial charge in [0, 0.05) is 12.6 Å². The largest absolute Gasteiger partial charge is 0.316 e. The lowest BCUT2D eigenvalue weighted by Gasteiger charge is -2.27. The summed E-state index contributed by atoms with van der Waals surface area (Å²) in [6, 6.07) is 0.814. The smallest absolute Gasteiger partial charge is 0.0223 e. The monoisotopic (exact) mass is 269 g/mol. The zero-order valence-electron chi connectivity index (χ0n) is 13.6. The standard InChI is InChI=1S/C16H35N3/c1-5-19-12-8-9-16(19)14-18(4)11-7-6-10-17-13-15(2)3/h15-17H,5-14H2,1-4H3. The van der Waals surface area contributed by atoms with E-state index >= 15 is 0 Å². The third-order valence-corrected chi connectivity index (χ3v) is 4.12. The molecule has 1 atom stereocenters. The molecule has 1 saturated heterocycles. The van der Waals surface area contributed by atoms with Crippen molar-refractivity contribution in [2.75, 3.05) is 46.3 Å². The molecule has 1 unspecified atom stereocenters. The Labute approximate surface area is 120 Å². The van der Waals surface area contributed by atoms with Crippen LogP contribution in [0.15, 0.2) is 0 Å². The molecule has 0 spiro atoms. The number of nitrogens with one attached hydrogen (secondary N) is 1. The molecule has 3 heteroatoms. The van der Waals surface area contributed by atoms with Crippen LogP contribution in [-0.4, -0.2) is 62.2 Å². The van der Waals surface area contributed by atoms with Gasteiger partial charge >= 0.3 is 0 Å². The van der Waals surface area contributed by atoms with Gasteiger partial charge in [0.2, 0.25) is 0 Å². The molecule has 0 aliphatic carbocycles. The topological polar surface area (TPSA) is 18.5 Å². The Morgan fingerprint density at radius 2 is 2.11 bits per heavy atom. The van der Waals surface area contributed by atoms with Gasteiger partial charge in [-0.25, -0.2) is 0 Å². The van der Waals surface area contributed by atoms with Crippen LogP contribution in [0.1, 0.15) is 46.5 Å². The Hall–Kier alpha value is -0.120. The molecule has 0 amide bonds. The summed E-state index contributed by atoms with van der Waals surface area (Å²) in [4.78, 5) is 5.17. The SMILES string of the molecule is CCN1CCCC1CN(C)CCCCNCC(C)C. The van der Waals surface area contributed by atoms with E-state index < -0.39 is 0 Å². The van der Waals surface area contributed by atoms with E-state index in [2.05, 4.69) is 42.9 Å². The van der Waals surface area contributed by atoms with E-state index in [0.717, 1.165) is 18.5 Å². The fourth-order valence-corrected chi connectivity index (χ4v) is 2.99. The molecule has 114 valence electrons. The Morgan fingerprint density at radius 3 is 2.79 bits per heavy atom. The van der Waals surface area contributed by atoms with Crippen LogP contribution in [0.5, 0.6) is 0 Å². The molecule has 0 aromatic rings. The van der Waals surface area contributed by atoms with Crippen molar-refractivity contribution in [1.82, 2.24) is 15.1 Å². The van der Waals surface area contributed by atoms with Gasteiger partial charge in [0.1, 0.15) is 0 Å². The van der Waals surface area contributed by atoms with Crippen LogP contribution in [0.2, 0.25) is 0 Å². The van der Waals surface area contributed by atoms with E-state index in [0.29, 0.717) is 0 Å². The second kappa shape index (κ2) is 9.73. The molecule has 1 N–H and O–H groups in total. The van der Waals surface area contributed by atoms with Crippen molar-refractivity contribution < 1.29 is 0 Å². The van der Waals surface area contributed by atoms with E-state index in [1.165, 1.54) is 58.4 Å². The van der Waals surface area contributed by atoms with Crippen molar-refractivity contribution in [2.24, 2.45) is 5.92 Å². The van der Waals surface area contributed by atoms with Gasteiger partial charge in [-0.15, -0.1) is 0 Å². The van der Waals surface area contributed by atoms with Crippen molar-refractivity contribution in [1.29, 1.82) is 0 Å². The van der Waals surface area contributed by atoms with Gasteiger partial charge in [-0.1, -0.05) is 20.8 Å². The van der Waals surface area contributed by atoms with Crippen LogP contribution in [-0.2, 0) is 0 Å². The Morgan fingerprint density at radius 1 is 1.32 bits per heavy atom. The van der Waals surface area contributed by atoms with Crippen LogP contribution >= 0.6 is 0 Å². The van der Waals surface area contributed by atoms with Crippen LogP contribution in [0, 0.1) is 5.92 Å². The van der Waals surface area contributed by atoms with E-state index in [4.69, 9.17) is 0 Å². The first-order valence-corrected chi connectivity index (χ1v) is 8.26. The lowest BCUT2D eigenvalue weighted by Crippen LogP contribution is -2.39. The maximum absolute atomic E-state index is 3.52. The molecule has 0 radical (unpaired) electrons. The Kier molecular flexibility index (Phi) is 8.67. The summed E-state index contributed by atoms with van der Waals surface area (Å²) in [5.41, 5.74) is 0. The molecular formula is C16H35N3. The zero-order chi connectivity index (χ0) is 14.1. The number of likely N-dealkylation sites (tertiary alicyclic amines) is 1. The first kappa shape index (κ1) is 16.9. The van der Waals surface area contributed by atoms with Gasteiger partial charge in [0.25, 0.3) is 0 Å². The molecule has 1 fully saturated rings. The second-order valence-corrected chi connectivity index (χ2v) is 6.49. The molecule has 0 aromatic carbocycles. The Bertz CT molecular complexity index is 218. The minimum absolute atomic E-state index is 0.769. The summed E-state index contributed by atoms with van der Waals surface area (Å²) in [5.74, 6) is 0.769. The van der Waals surface area contributed by atoms with Crippen LogP contribution < -0.4 is 5.32 Å². The van der Waals surface area contributed by atoms with Crippen LogP contribution in [0.3, 0.4) is 0 Å². The lowest BCUT2D eigenvalue weighted by molar-refractivity contribution is 0.197. The van der Waals surface area contributed by atoms with Gasteiger partial charge in [-0.3, -0.25) is 4.90 Å². The molecule has 19 heavy (non-hydrogen) atoms. The van der Waals surface area contributed by atoms with E-state index in [1.54, 1.807) is 0 Å². The van der Waals surface area contributed by atoms with E-state index in [-0.39, 0.29) is 0 Å². The molecule has 0 aromatic heterocycles.